The van der Waals surface area contributed by atoms with E-state index in [1.54, 1.807) is 47.9 Å². The second kappa shape index (κ2) is 9.85. The minimum atomic E-state index is -0.787. The van der Waals surface area contributed by atoms with Crippen LogP contribution in [0.3, 0.4) is 0 Å². The molecular weight excluding hydrogens is 420 g/mol. The molecule has 2 amide bonds. The van der Waals surface area contributed by atoms with E-state index in [0.29, 0.717) is 47.7 Å². The SMILES string of the molecule is CCOc1ccccc1N(CC)C(=O)C(=O)Nc1ccc2nc3n(c(=O)c2c1)CCCCC3. The smallest absolute Gasteiger partial charge is 0.316 e. The molecular formula is C25H28N4O4. The van der Waals surface area contributed by atoms with Crippen molar-refractivity contribution in [1.29, 1.82) is 0 Å². The van der Waals surface area contributed by atoms with E-state index >= 15 is 0 Å². The van der Waals surface area contributed by atoms with Gasteiger partial charge in [0.25, 0.3) is 5.56 Å². The monoisotopic (exact) mass is 448 g/mol. The number of nitrogens with one attached hydrogen (secondary N) is 1. The first-order valence-electron chi connectivity index (χ1n) is 11.4. The Morgan fingerprint density at radius 3 is 2.73 bits per heavy atom. The van der Waals surface area contributed by atoms with Crippen molar-refractivity contribution < 1.29 is 14.3 Å². The molecule has 1 aliphatic rings. The molecule has 0 radical (unpaired) electrons. The Morgan fingerprint density at radius 2 is 1.94 bits per heavy atom. The van der Waals surface area contributed by atoms with Gasteiger partial charge in [-0.3, -0.25) is 19.0 Å². The third kappa shape index (κ3) is 4.60. The second-order valence-electron chi connectivity index (χ2n) is 7.93. The van der Waals surface area contributed by atoms with E-state index in [-0.39, 0.29) is 5.56 Å². The normalized spacial score (nSPS) is 13.2. The molecule has 0 atom stereocenters. The third-order valence-corrected chi connectivity index (χ3v) is 5.78. The molecule has 0 unspecified atom stereocenters. The van der Waals surface area contributed by atoms with Crippen molar-refractivity contribution in [1.82, 2.24) is 9.55 Å². The van der Waals surface area contributed by atoms with E-state index in [1.807, 2.05) is 13.0 Å². The van der Waals surface area contributed by atoms with Gasteiger partial charge in [0.05, 0.1) is 23.2 Å². The van der Waals surface area contributed by atoms with Crippen molar-refractivity contribution >= 4 is 34.1 Å². The molecule has 0 fully saturated rings. The van der Waals surface area contributed by atoms with E-state index in [0.717, 1.165) is 31.5 Å². The maximum absolute atomic E-state index is 13.1. The average Bonchev–Trinajstić information content (AvgIpc) is 3.07. The minimum absolute atomic E-state index is 0.111. The van der Waals surface area contributed by atoms with Crippen molar-refractivity contribution in [3.63, 3.8) is 0 Å². The lowest BCUT2D eigenvalue weighted by molar-refractivity contribution is -0.134. The van der Waals surface area contributed by atoms with Crippen LogP contribution in [0.15, 0.2) is 47.3 Å². The highest BCUT2D eigenvalue weighted by atomic mass is 16.5. The van der Waals surface area contributed by atoms with Crippen molar-refractivity contribution in [2.24, 2.45) is 0 Å². The number of rotatable bonds is 5. The number of benzene rings is 2. The molecule has 4 rings (SSSR count). The Bertz CT molecular complexity index is 1250. The molecule has 8 heteroatoms. The zero-order valence-corrected chi connectivity index (χ0v) is 19.0. The van der Waals surface area contributed by atoms with Gasteiger partial charge in [-0.2, -0.15) is 0 Å². The predicted molar refractivity (Wildman–Crippen MR) is 128 cm³/mol. The van der Waals surface area contributed by atoms with E-state index in [2.05, 4.69) is 10.3 Å². The number of hydrogen-bond donors (Lipinski definition) is 1. The molecule has 0 saturated heterocycles. The quantitative estimate of drug-likeness (QED) is 0.603. The van der Waals surface area contributed by atoms with Crippen LogP contribution in [-0.4, -0.2) is 34.5 Å². The number of nitrogens with zero attached hydrogens (tertiary/aromatic N) is 3. The lowest BCUT2D eigenvalue weighted by Crippen LogP contribution is -2.40. The van der Waals surface area contributed by atoms with Gasteiger partial charge in [0.15, 0.2) is 0 Å². The van der Waals surface area contributed by atoms with Gasteiger partial charge in [-0.25, -0.2) is 4.98 Å². The number of fused-ring (bicyclic) bond motifs is 2. The summed E-state index contributed by atoms with van der Waals surface area (Å²) in [6.07, 6.45) is 3.83. The Labute approximate surface area is 192 Å². The van der Waals surface area contributed by atoms with Crippen LogP contribution in [0, 0.1) is 0 Å². The minimum Gasteiger partial charge on any atom is -0.492 e. The molecule has 172 valence electrons. The topological polar surface area (TPSA) is 93.5 Å². The van der Waals surface area contributed by atoms with Crippen LogP contribution in [0.1, 0.15) is 38.9 Å². The summed E-state index contributed by atoms with van der Waals surface area (Å²) < 4.78 is 7.35. The first kappa shape index (κ1) is 22.5. The van der Waals surface area contributed by atoms with Crippen LogP contribution in [0.5, 0.6) is 5.75 Å². The number of carbonyl (C=O) groups excluding carboxylic acids is 2. The van der Waals surface area contributed by atoms with Gasteiger partial charge in [0.2, 0.25) is 0 Å². The number of amides is 2. The molecule has 0 saturated carbocycles. The fraction of sp³-hybridized carbons (Fsp3) is 0.360. The standard InChI is InChI=1S/C25H28N4O4/c1-3-28(20-10-7-8-11-21(20)33-4-2)25(32)23(30)26-17-13-14-19-18(16-17)24(31)29-15-9-5-6-12-22(29)27-19/h7-8,10-11,13-14,16H,3-6,9,12,15H2,1-2H3,(H,26,30). The van der Waals surface area contributed by atoms with Crippen molar-refractivity contribution in [3.05, 3.63) is 58.6 Å². The Balaban J connectivity index is 1.60. The van der Waals surface area contributed by atoms with Crippen LogP contribution >= 0.6 is 0 Å². The highest BCUT2D eigenvalue weighted by Gasteiger charge is 2.25. The van der Waals surface area contributed by atoms with Crippen LogP contribution in [0.4, 0.5) is 11.4 Å². The molecule has 2 aromatic carbocycles. The zero-order chi connectivity index (χ0) is 23.4. The molecule has 2 heterocycles. The summed E-state index contributed by atoms with van der Waals surface area (Å²) >= 11 is 0. The molecule has 3 aromatic rings. The number of hydrogen-bond acceptors (Lipinski definition) is 5. The Kier molecular flexibility index (Phi) is 6.72. The van der Waals surface area contributed by atoms with Crippen molar-refractivity contribution in [3.8, 4) is 5.75 Å². The van der Waals surface area contributed by atoms with Gasteiger partial charge in [0.1, 0.15) is 11.6 Å². The van der Waals surface area contributed by atoms with Gasteiger partial charge in [-0.05, 0) is 57.0 Å². The summed E-state index contributed by atoms with van der Waals surface area (Å²) in [5, 5.41) is 3.07. The van der Waals surface area contributed by atoms with E-state index in [9.17, 15) is 14.4 Å². The van der Waals surface area contributed by atoms with Gasteiger partial charge in [-0.1, -0.05) is 18.6 Å². The lowest BCUT2D eigenvalue weighted by atomic mass is 10.2. The Morgan fingerprint density at radius 1 is 1.12 bits per heavy atom. The number of likely N-dealkylation sites (N-methyl/N-ethyl adjacent to an activating group) is 1. The van der Waals surface area contributed by atoms with Crippen LogP contribution in [0.25, 0.3) is 10.9 Å². The van der Waals surface area contributed by atoms with E-state index < -0.39 is 11.8 Å². The number of carbonyl (C=O) groups is 2. The maximum Gasteiger partial charge on any atom is 0.316 e. The van der Waals surface area contributed by atoms with Gasteiger partial charge in [0, 0.05) is 25.2 Å². The van der Waals surface area contributed by atoms with Gasteiger partial charge < -0.3 is 15.0 Å². The number of para-hydroxylation sites is 2. The Hall–Kier alpha value is -3.68. The number of aromatic nitrogens is 2. The second-order valence-corrected chi connectivity index (χ2v) is 7.93. The largest absolute Gasteiger partial charge is 0.492 e. The molecule has 1 aliphatic heterocycles. The van der Waals surface area contributed by atoms with Crippen LogP contribution in [-0.2, 0) is 22.6 Å². The molecule has 1 N–H and O–H groups in total. The van der Waals surface area contributed by atoms with Crippen LogP contribution < -0.4 is 20.5 Å². The average molecular weight is 449 g/mol. The summed E-state index contributed by atoms with van der Waals surface area (Å²) in [6, 6.07) is 12.1. The molecule has 1 aromatic heterocycles. The van der Waals surface area contributed by atoms with Crippen molar-refractivity contribution in [2.45, 2.75) is 46.1 Å². The molecule has 0 spiro atoms. The number of anilines is 2. The van der Waals surface area contributed by atoms with Gasteiger partial charge >= 0.3 is 11.8 Å². The maximum atomic E-state index is 13.1. The zero-order valence-electron chi connectivity index (χ0n) is 19.0. The van der Waals surface area contributed by atoms with Crippen molar-refractivity contribution in [2.75, 3.05) is 23.4 Å². The van der Waals surface area contributed by atoms with Crippen LogP contribution in [0.2, 0.25) is 0 Å². The summed E-state index contributed by atoms with van der Waals surface area (Å²) in [5.74, 6) is -0.149. The van der Waals surface area contributed by atoms with E-state index in [4.69, 9.17) is 4.74 Å². The number of aryl methyl sites for hydroxylation is 1. The first-order chi connectivity index (χ1) is 16.0. The highest BCUT2D eigenvalue weighted by Crippen LogP contribution is 2.28. The van der Waals surface area contributed by atoms with Gasteiger partial charge in [-0.15, -0.1) is 0 Å². The number of ether oxygens (including phenoxy) is 1. The first-order valence-corrected chi connectivity index (χ1v) is 11.4. The summed E-state index contributed by atoms with van der Waals surface area (Å²) in [4.78, 5) is 44.9. The molecule has 0 bridgehead atoms. The lowest BCUT2D eigenvalue weighted by Gasteiger charge is -2.23. The highest BCUT2D eigenvalue weighted by molar-refractivity contribution is 6.44. The summed E-state index contributed by atoms with van der Waals surface area (Å²) in [5.41, 5.74) is 1.40. The molecule has 33 heavy (non-hydrogen) atoms. The summed E-state index contributed by atoms with van der Waals surface area (Å²) in [6.45, 7) is 5.04. The fourth-order valence-corrected chi connectivity index (χ4v) is 4.18. The fourth-order valence-electron chi connectivity index (χ4n) is 4.18. The van der Waals surface area contributed by atoms with E-state index in [1.165, 1.54) is 4.90 Å². The summed E-state index contributed by atoms with van der Waals surface area (Å²) in [7, 11) is 0. The third-order valence-electron chi connectivity index (χ3n) is 5.78. The molecule has 0 aliphatic carbocycles. The predicted octanol–water partition coefficient (Wildman–Crippen LogP) is 3.51. The molecule has 8 nitrogen and oxygen atoms in total.